The molecule has 0 saturated heterocycles. The van der Waals surface area contributed by atoms with Crippen molar-refractivity contribution in [2.75, 3.05) is 11.9 Å². The van der Waals surface area contributed by atoms with Crippen molar-refractivity contribution in [1.82, 2.24) is 9.78 Å². The van der Waals surface area contributed by atoms with E-state index in [4.69, 9.17) is 5.26 Å². The second-order valence-corrected chi connectivity index (χ2v) is 4.13. The molecule has 0 radical (unpaired) electrons. The molecule has 0 fully saturated rings. The second kappa shape index (κ2) is 5.48. The molecule has 0 aliphatic rings. The van der Waals surface area contributed by atoms with Gasteiger partial charge in [0, 0.05) is 12.7 Å². The van der Waals surface area contributed by atoms with Crippen LogP contribution < -0.4 is 5.32 Å². The fourth-order valence-corrected chi connectivity index (χ4v) is 1.69. The normalized spacial score (nSPS) is 10.2. The number of nitrogens with zero attached hydrogens (tertiary/aromatic N) is 3. The van der Waals surface area contributed by atoms with Crippen molar-refractivity contribution >= 4 is 5.69 Å². The van der Waals surface area contributed by atoms with Gasteiger partial charge >= 0.3 is 0 Å². The third kappa shape index (κ3) is 3.07. The van der Waals surface area contributed by atoms with Crippen LogP contribution in [0.15, 0.2) is 24.5 Å². The van der Waals surface area contributed by atoms with Crippen molar-refractivity contribution < 1.29 is 8.78 Å². The van der Waals surface area contributed by atoms with Crippen LogP contribution in [0.1, 0.15) is 11.1 Å². The van der Waals surface area contributed by atoms with Gasteiger partial charge in [0.05, 0.1) is 24.4 Å². The molecule has 0 aliphatic heterocycles. The zero-order valence-electron chi connectivity index (χ0n) is 10.3. The van der Waals surface area contributed by atoms with Gasteiger partial charge in [-0.25, -0.2) is 8.78 Å². The summed E-state index contributed by atoms with van der Waals surface area (Å²) in [5, 5.41) is 15.3. The lowest BCUT2D eigenvalue weighted by atomic mass is 10.2. The van der Waals surface area contributed by atoms with E-state index in [1.165, 1.54) is 0 Å². The van der Waals surface area contributed by atoms with E-state index in [1.54, 1.807) is 16.9 Å². The summed E-state index contributed by atoms with van der Waals surface area (Å²) in [5.41, 5.74) is 0.766. The molecule has 6 heteroatoms. The Morgan fingerprint density at radius 2 is 2.05 bits per heavy atom. The van der Waals surface area contributed by atoms with Crippen molar-refractivity contribution in [3.05, 3.63) is 47.3 Å². The number of halogens is 2. The predicted molar refractivity (Wildman–Crippen MR) is 66.5 cm³/mol. The molecule has 0 spiro atoms. The Hall–Kier alpha value is -2.42. The van der Waals surface area contributed by atoms with Crippen molar-refractivity contribution in [3.8, 4) is 6.07 Å². The van der Waals surface area contributed by atoms with Crippen molar-refractivity contribution in [2.45, 2.75) is 13.5 Å². The molecule has 0 bridgehead atoms. The lowest BCUT2D eigenvalue weighted by molar-refractivity contribution is 0.581. The molecule has 0 saturated carbocycles. The van der Waals surface area contributed by atoms with E-state index in [1.807, 2.05) is 13.1 Å². The molecule has 0 amide bonds. The molecular formula is C13H12F2N4. The van der Waals surface area contributed by atoms with Gasteiger partial charge in [0.15, 0.2) is 11.6 Å². The molecule has 19 heavy (non-hydrogen) atoms. The maximum absolute atomic E-state index is 13.6. The Balaban J connectivity index is 2.02. The standard InChI is InChI=1S/C13H12F2N4/c1-9-7-18-19(8-9)3-2-17-13-11(14)4-10(6-16)5-12(13)15/h4-5,7-8,17H,2-3H2,1H3. The summed E-state index contributed by atoms with van der Waals surface area (Å²) >= 11 is 0. The van der Waals surface area contributed by atoms with Gasteiger partial charge in [-0.15, -0.1) is 0 Å². The summed E-state index contributed by atoms with van der Waals surface area (Å²) in [6.07, 6.45) is 3.55. The number of nitriles is 1. The number of aryl methyl sites for hydroxylation is 1. The lowest BCUT2D eigenvalue weighted by Gasteiger charge is -2.09. The highest BCUT2D eigenvalue weighted by Gasteiger charge is 2.10. The van der Waals surface area contributed by atoms with Crippen molar-refractivity contribution in [1.29, 1.82) is 5.26 Å². The van der Waals surface area contributed by atoms with Gasteiger partial charge in [0.2, 0.25) is 0 Å². The minimum Gasteiger partial charge on any atom is -0.378 e. The van der Waals surface area contributed by atoms with Gasteiger partial charge in [0.25, 0.3) is 0 Å². The molecule has 1 aromatic heterocycles. The number of anilines is 1. The third-order valence-electron chi connectivity index (χ3n) is 2.58. The highest BCUT2D eigenvalue weighted by atomic mass is 19.1. The zero-order valence-corrected chi connectivity index (χ0v) is 10.3. The van der Waals surface area contributed by atoms with Gasteiger partial charge in [-0.2, -0.15) is 10.4 Å². The summed E-state index contributed by atoms with van der Waals surface area (Å²) in [6, 6.07) is 3.71. The maximum Gasteiger partial charge on any atom is 0.150 e. The van der Waals surface area contributed by atoms with Gasteiger partial charge in [-0.1, -0.05) is 0 Å². The Labute approximate surface area is 109 Å². The minimum atomic E-state index is -0.770. The first kappa shape index (κ1) is 13.0. The van der Waals surface area contributed by atoms with E-state index < -0.39 is 11.6 Å². The van der Waals surface area contributed by atoms with Crippen LogP contribution in [0.4, 0.5) is 14.5 Å². The Morgan fingerprint density at radius 3 is 2.58 bits per heavy atom. The van der Waals surface area contributed by atoms with E-state index in [0.29, 0.717) is 13.1 Å². The van der Waals surface area contributed by atoms with Crippen LogP contribution in [0.2, 0.25) is 0 Å². The van der Waals surface area contributed by atoms with Crippen LogP contribution in [0, 0.1) is 29.9 Å². The fraction of sp³-hybridized carbons (Fsp3) is 0.231. The van der Waals surface area contributed by atoms with E-state index >= 15 is 0 Å². The van der Waals surface area contributed by atoms with E-state index in [9.17, 15) is 8.78 Å². The van der Waals surface area contributed by atoms with Crippen LogP contribution >= 0.6 is 0 Å². The smallest absolute Gasteiger partial charge is 0.150 e. The average Bonchev–Trinajstić information content (AvgIpc) is 2.78. The van der Waals surface area contributed by atoms with E-state index in [2.05, 4.69) is 10.4 Å². The molecule has 1 heterocycles. The number of hydrogen-bond donors (Lipinski definition) is 1. The molecule has 4 nitrogen and oxygen atoms in total. The number of aromatic nitrogens is 2. The minimum absolute atomic E-state index is 0.0387. The molecule has 0 atom stereocenters. The number of nitrogens with one attached hydrogen (secondary N) is 1. The summed E-state index contributed by atoms with van der Waals surface area (Å²) in [6.45, 7) is 2.74. The average molecular weight is 262 g/mol. The Bertz CT molecular complexity index is 605. The van der Waals surface area contributed by atoms with Gasteiger partial charge in [-0.05, 0) is 24.6 Å². The van der Waals surface area contributed by atoms with Crippen LogP contribution in [-0.2, 0) is 6.54 Å². The number of hydrogen-bond acceptors (Lipinski definition) is 3. The SMILES string of the molecule is Cc1cnn(CCNc2c(F)cc(C#N)cc2F)c1. The Kier molecular flexibility index (Phi) is 3.76. The van der Waals surface area contributed by atoms with Crippen molar-refractivity contribution in [3.63, 3.8) is 0 Å². The monoisotopic (exact) mass is 262 g/mol. The topological polar surface area (TPSA) is 53.6 Å². The molecule has 0 aliphatic carbocycles. The summed E-state index contributed by atoms with van der Waals surface area (Å²) < 4.78 is 28.8. The molecule has 1 N–H and O–H groups in total. The number of rotatable bonds is 4. The lowest BCUT2D eigenvalue weighted by Crippen LogP contribution is -2.13. The molecule has 2 aromatic rings. The zero-order chi connectivity index (χ0) is 13.8. The molecule has 98 valence electrons. The van der Waals surface area contributed by atoms with E-state index in [0.717, 1.165) is 17.7 Å². The first-order valence-corrected chi connectivity index (χ1v) is 5.72. The molecule has 2 rings (SSSR count). The van der Waals surface area contributed by atoms with E-state index in [-0.39, 0.29) is 11.3 Å². The fourth-order valence-electron chi connectivity index (χ4n) is 1.69. The highest BCUT2D eigenvalue weighted by Crippen LogP contribution is 2.20. The number of benzene rings is 1. The summed E-state index contributed by atoms with van der Waals surface area (Å²) in [4.78, 5) is 0. The van der Waals surface area contributed by atoms with Crippen molar-refractivity contribution in [2.24, 2.45) is 0 Å². The Morgan fingerprint density at radius 1 is 1.37 bits per heavy atom. The van der Waals surface area contributed by atoms with Crippen LogP contribution in [-0.4, -0.2) is 16.3 Å². The van der Waals surface area contributed by atoms with Crippen LogP contribution in [0.5, 0.6) is 0 Å². The summed E-state index contributed by atoms with van der Waals surface area (Å²) in [5.74, 6) is -1.54. The predicted octanol–water partition coefficient (Wildman–Crippen LogP) is 2.45. The third-order valence-corrected chi connectivity index (χ3v) is 2.58. The molecular weight excluding hydrogens is 250 g/mol. The quantitative estimate of drug-likeness (QED) is 0.920. The molecule has 0 unspecified atom stereocenters. The maximum atomic E-state index is 13.6. The van der Waals surface area contributed by atoms with Crippen LogP contribution in [0.25, 0.3) is 0 Å². The van der Waals surface area contributed by atoms with Gasteiger partial charge in [0.1, 0.15) is 5.69 Å². The van der Waals surface area contributed by atoms with Gasteiger partial charge in [-0.3, -0.25) is 4.68 Å². The first-order valence-electron chi connectivity index (χ1n) is 5.72. The highest BCUT2D eigenvalue weighted by molar-refractivity contribution is 5.50. The van der Waals surface area contributed by atoms with Crippen LogP contribution in [0.3, 0.4) is 0 Å². The summed E-state index contributed by atoms with van der Waals surface area (Å²) in [7, 11) is 0. The largest absolute Gasteiger partial charge is 0.378 e. The molecule has 1 aromatic carbocycles. The van der Waals surface area contributed by atoms with Gasteiger partial charge < -0.3 is 5.32 Å². The first-order chi connectivity index (χ1) is 9.10. The second-order valence-electron chi connectivity index (χ2n) is 4.13.